The highest BCUT2D eigenvalue weighted by Gasteiger charge is 2.21. The molecule has 0 bridgehead atoms. The van der Waals surface area contributed by atoms with Crippen LogP contribution in [0.2, 0.25) is 0 Å². The van der Waals surface area contributed by atoms with Gasteiger partial charge in [0.25, 0.3) is 0 Å². The molecule has 21 heavy (non-hydrogen) atoms. The first-order chi connectivity index (χ1) is 9.95. The van der Waals surface area contributed by atoms with Gasteiger partial charge in [0.1, 0.15) is 5.82 Å². The van der Waals surface area contributed by atoms with Gasteiger partial charge < -0.3 is 11.1 Å². The van der Waals surface area contributed by atoms with Crippen molar-refractivity contribution < 1.29 is 9.18 Å². The summed E-state index contributed by atoms with van der Waals surface area (Å²) >= 11 is 0. The number of nitrogens with one attached hydrogen (secondary N) is 1. The summed E-state index contributed by atoms with van der Waals surface area (Å²) in [6.07, 6.45) is 4.63. The zero-order valence-corrected chi connectivity index (χ0v) is 13.1. The second-order valence-corrected chi connectivity index (χ2v) is 6.12. The SMILES string of the molecule is CC(C)(CNC(=O)CCCCCCN)c1ccc(F)cc1. The summed E-state index contributed by atoms with van der Waals surface area (Å²) in [5.74, 6) is -0.158. The summed E-state index contributed by atoms with van der Waals surface area (Å²) < 4.78 is 12.9. The van der Waals surface area contributed by atoms with Crippen molar-refractivity contribution in [3.8, 4) is 0 Å². The van der Waals surface area contributed by atoms with Crippen molar-refractivity contribution in [2.45, 2.75) is 51.4 Å². The van der Waals surface area contributed by atoms with Gasteiger partial charge in [-0.1, -0.05) is 38.8 Å². The summed E-state index contributed by atoms with van der Waals surface area (Å²) in [5, 5.41) is 2.97. The molecule has 0 aliphatic rings. The van der Waals surface area contributed by atoms with Gasteiger partial charge in [-0.3, -0.25) is 4.79 Å². The van der Waals surface area contributed by atoms with Crippen LogP contribution in [0.25, 0.3) is 0 Å². The maximum atomic E-state index is 12.9. The molecule has 3 N–H and O–H groups in total. The second-order valence-electron chi connectivity index (χ2n) is 6.12. The third-order valence-electron chi connectivity index (χ3n) is 3.71. The molecule has 1 amide bonds. The zero-order chi connectivity index (χ0) is 15.7. The van der Waals surface area contributed by atoms with Crippen LogP contribution in [-0.2, 0) is 10.2 Å². The largest absolute Gasteiger partial charge is 0.355 e. The van der Waals surface area contributed by atoms with Crippen LogP contribution in [0.1, 0.15) is 51.5 Å². The predicted octanol–water partition coefficient (Wildman–Crippen LogP) is 3.13. The highest BCUT2D eigenvalue weighted by Crippen LogP contribution is 2.22. The van der Waals surface area contributed by atoms with Crippen LogP contribution in [0, 0.1) is 5.82 Å². The van der Waals surface area contributed by atoms with Gasteiger partial charge in [-0.2, -0.15) is 0 Å². The Morgan fingerprint density at radius 2 is 1.76 bits per heavy atom. The molecule has 0 unspecified atom stereocenters. The predicted molar refractivity (Wildman–Crippen MR) is 84.6 cm³/mol. The summed E-state index contributed by atoms with van der Waals surface area (Å²) in [5.41, 5.74) is 6.24. The number of nitrogens with two attached hydrogens (primary N) is 1. The molecule has 1 rings (SSSR count). The zero-order valence-electron chi connectivity index (χ0n) is 13.1. The Balaban J connectivity index is 2.32. The summed E-state index contributed by atoms with van der Waals surface area (Å²) in [6.45, 7) is 5.36. The number of hydrogen-bond donors (Lipinski definition) is 2. The van der Waals surface area contributed by atoms with Crippen molar-refractivity contribution in [2.24, 2.45) is 5.73 Å². The Kier molecular flexibility index (Phi) is 7.37. The van der Waals surface area contributed by atoms with E-state index in [1.807, 2.05) is 13.8 Å². The van der Waals surface area contributed by atoms with Crippen molar-refractivity contribution in [3.63, 3.8) is 0 Å². The first-order valence-electron chi connectivity index (χ1n) is 7.68. The number of carbonyl (C=O) groups excluding carboxylic acids is 1. The van der Waals surface area contributed by atoms with Crippen LogP contribution < -0.4 is 11.1 Å². The molecule has 0 fully saturated rings. The third-order valence-corrected chi connectivity index (χ3v) is 3.71. The quantitative estimate of drug-likeness (QED) is 0.688. The number of carbonyl (C=O) groups is 1. The molecule has 1 aromatic carbocycles. The Morgan fingerprint density at radius 3 is 2.38 bits per heavy atom. The van der Waals surface area contributed by atoms with Crippen molar-refractivity contribution >= 4 is 5.91 Å². The lowest BCUT2D eigenvalue weighted by molar-refractivity contribution is -0.121. The highest BCUT2D eigenvalue weighted by atomic mass is 19.1. The van der Waals surface area contributed by atoms with E-state index in [0.29, 0.717) is 13.0 Å². The molecule has 0 aliphatic carbocycles. The number of amides is 1. The molecule has 0 aromatic heterocycles. The van der Waals surface area contributed by atoms with Gasteiger partial charge in [-0.15, -0.1) is 0 Å². The maximum Gasteiger partial charge on any atom is 0.220 e. The van der Waals surface area contributed by atoms with E-state index in [9.17, 15) is 9.18 Å². The van der Waals surface area contributed by atoms with Gasteiger partial charge in [0, 0.05) is 18.4 Å². The van der Waals surface area contributed by atoms with Crippen molar-refractivity contribution in [1.29, 1.82) is 0 Å². The Morgan fingerprint density at radius 1 is 1.14 bits per heavy atom. The number of benzene rings is 1. The molecular formula is C17H27FN2O. The summed E-state index contributed by atoms with van der Waals surface area (Å²) in [4.78, 5) is 11.8. The smallest absolute Gasteiger partial charge is 0.220 e. The molecule has 0 saturated carbocycles. The fourth-order valence-electron chi connectivity index (χ4n) is 2.19. The van der Waals surface area contributed by atoms with Crippen molar-refractivity contribution in [2.75, 3.05) is 13.1 Å². The molecule has 0 aliphatic heterocycles. The highest BCUT2D eigenvalue weighted by molar-refractivity contribution is 5.75. The van der Waals surface area contributed by atoms with Crippen LogP contribution in [0.3, 0.4) is 0 Å². The van der Waals surface area contributed by atoms with E-state index in [1.165, 1.54) is 12.1 Å². The standard InChI is InChI=1S/C17H27FN2O/c1-17(2,14-8-10-15(18)11-9-14)13-20-16(21)7-5-3-4-6-12-19/h8-11H,3-7,12-13,19H2,1-2H3,(H,20,21). The second kappa shape index (κ2) is 8.78. The summed E-state index contributed by atoms with van der Waals surface area (Å²) in [7, 11) is 0. The van der Waals surface area contributed by atoms with Crippen LogP contribution in [0.5, 0.6) is 0 Å². The third kappa shape index (κ3) is 6.71. The maximum absolute atomic E-state index is 12.9. The molecular weight excluding hydrogens is 267 g/mol. The Hall–Kier alpha value is -1.42. The summed E-state index contributed by atoms with van der Waals surface area (Å²) in [6, 6.07) is 6.45. The van der Waals surface area contributed by atoms with Gasteiger partial charge >= 0.3 is 0 Å². The molecule has 118 valence electrons. The minimum absolute atomic E-state index is 0.0814. The number of halogens is 1. The minimum Gasteiger partial charge on any atom is -0.355 e. The molecule has 0 spiro atoms. The molecule has 0 saturated heterocycles. The molecule has 4 heteroatoms. The van der Waals surface area contributed by atoms with E-state index in [0.717, 1.165) is 37.8 Å². The van der Waals surface area contributed by atoms with Gasteiger partial charge in [-0.25, -0.2) is 4.39 Å². The van der Waals surface area contributed by atoms with Gasteiger partial charge in [0.2, 0.25) is 5.91 Å². The fraction of sp³-hybridized carbons (Fsp3) is 0.588. The van der Waals surface area contributed by atoms with E-state index < -0.39 is 0 Å². The van der Waals surface area contributed by atoms with Gasteiger partial charge in [0.15, 0.2) is 0 Å². The molecule has 0 atom stereocenters. The van der Waals surface area contributed by atoms with Crippen LogP contribution >= 0.6 is 0 Å². The van der Waals surface area contributed by atoms with E-state index in [2.05, 4.69) is 5.32 Å². The van der Waals surface area contributed by atoms with Crippen molar-refractivity contribution in [3.05, 3.63) is 35.6 Å². The molecule has 0 heterocycles. The number of unbranched alkanes of at least 4 members (excludes halogenated alkanes) is 3. The van der Waals surface area contributed by atoms with Gasteiger partial charge in [0.05, 0.1) is 0 Å². The van der Waals surface area contributed by atoms with Crippen LogP contribution in [0.15, 0.2) is 24.3 Å². The minimum atomic E-state index is -0.240. The van der Waals surface area contributed by atoms with E-state index in [-0.39, 0.29) is 17.1 Å². The lowest BCUT2D eigenvalue weighted by atomic mass is 9.84. The normalized spacial score (nSPS) is 11.4. The van der Waals surface area contributed by atoms with E-state index in [4.69, 9.17) is 5.73 Å². The number of rotatable bonds is 9. The van der Waals surface area contributed by atoms with Crippen LogP contribution in [-0.4, -0.2) is 19.0 Å². The molecule has 3 nitrogen and oxygen atoms in total. The molecule has 1 aromatic rings. The first kappa shape index (κ1) is 17.6. The average Bonchev–Trinajstić information content (AvgIpc) is 2.45. The topological polar surface area (TPSA) is 55.1 Å². The Bertz CT molecular complexity index is 429. The van der Waals surface area contributed by atoms with Crippen LogP contribution in [0.4, 0.5) is 4.39 Å². The lowest BCUT2D eigenvalue weighted by Gasteiger charge is -2.25. The fourth-order valence-corrected chi connectivity index (χ4v) is 2.19. The van der Waals surface area contributed by atoms with E-state index in [1.54, 1.807) is 12.1 Å². The Labute approximate surface area is 127 Å². The lowest BCUT2D eigenvalue weighted by Crippen LogP contribution is -2.36. The average molecular weight is 294 g/mol. The molecule has 0 radical (unpaired) electrons. The van der Waals surface area contributed by atoms with E-state index >= 15 is 0 Å². The first-order valence-corrected chi connectivity index (χ1v) is 7.68. The monoisotopic (exact) mass is 294 g/mol. The van der Waals surface area contributed by atoms with Gasteiger partial charge in [-0.05, 0) is 37.1 Å². The number of hydrogen-bond acceptors (Lipinski definition) is 2. The van der Waals surface area contributed by atoms with Crippen molar-refractivity contribution in [1.82, 2.24) is 5.32 Å².